The molecule has 0 spiro atoms. The van der Waals surface area contributed by atoms with E-state index in [0.717, 1.165) is 0 Å². The van der Waals surface area contributed by atoms with Crippen LogP contribution in [0, 0.1) is 0 Å². The molecular weight excluding hydrogens is 776 g/mol. The number of rotatable bonds is 14. The molecule has 0 aromatic heterocycles. The number of hydrogen-bond donors (Lipinski definition) is 6. The topological polar surface area (TPSA) is 484 Å². The number of amides is 2. The first kappa shape index (κ1) is 57.3. The summed E-state index contributed by atoms with van der Waals surface area (Å²) in [6, 6.07) is 0. The van der Waals surface area contributed by atoms with E-state index >= 15 is 0 Å². The second-order valence-electron chi connectivity index (χ2n) is 13.2. The fourth-order valence-corrected chi connectivity index (χ4v) is 5.73. The highest BCUT2D eigenvalue weighted by atomic mass is 16.6. The van der Waals surface area contributed by atoms with Crippen molar-refractivity contribution in [3.63, 3.8) is 0 Å². The number of hydrogen-bond acceptors (Lipinski definition) is 16. The first-order chi connectivity index (χ1) is 24.6. The van der Waals surface area contributed by atoms with E-state index in [0.29, 0.717) is 0 Å². The maximum absolute atomic E-state index is 12.2. The zero-order chi connectivity index (χ0) is 38.5. The fraction of sp³-hybridized carbons (Fsp3) is 0.867. The van der Waals surface area contributed by atoms with Crippen molar-refractivity contribution in [1.29, 1.82) is 0 Å². The normalized spacial score (nSPS) is 30.8. The molecule has 0 aromatic rings. The Labute approximate surface area is 326 Å². The van der Waals surface area contributed by atoms with Crippen LogP contribution in [0.4, 0.5) is 0 Å². The standard InChI is InChI=1S/2C15H24N4O7.5H2O/c2*1-7(2)24-15(23)11-4-9(21)12(26-11)5-17-14(22)10-3-8(20)13(25-10)6-18-19-16;;;;;/h2*7-13,20-21H,3-6H2,1-2H3,(H,17,22);5*1H2/t2*8-,9-,10+,11+,12-,13-;;;;;/m11...../s1. The number of aliphatic hydroxyl groups excluding tert-OH is 4. The van der Waals surface area contributed by atoms with E-state index in [1.807, 2.05) is 0 Å². The Bertz CT molecular complexity index is 1240. The van der Waals surface area contributed by atoms with Gasteiger partial charge < -0.3 is 86.9 Å². The third-order valence-corrected chi connectivity index (χ3v) is 8.31. The number of carbonyl (C=O) groups is 4. The minimum Gasteiger partial charge on any atom is -0.461 e. The summed E-state index contributed by atoms with van der Waals surface area (Å²) < 4.78 is 31.8. The van der Waals surface area contributed by atoms with Crippen molar-refractivity contribution in [2.45, 2.75) is 139 Å². The van der Waals surface area contributed by atoms with Gasteiger partial charge in [0.15, 0.2) is 12.2 Å². The van der Waals surface area contributed by atoms with Crippen molar-refractivity contribution in [3.05, 3.63) is 20.9 Å². The number of nitrogens with zero attached hydrogens (tertiary/aromatic N) is 6. The van der Waals surface area contributed by atoms with E-state index in [2.05, 4.69) is 30.7 Å². The fourth-order valence-electron chi connectivity index (χ4n) is 5.73. The quantitative estimate of drug-likeness (QED) is 0.0412. The summed E-state index contributed by atoms with van der Waals surface area (Å²) in [5.74, 6) is -2.04. The first-order valence-corrected chi connectivity index (χ1v) is 17.0. The Kier molecular flexibility index (Phi) is 27.7. The van der Waals surface area contributed by atoms with Crippen LogP contribution in [-0.2, 0) is 47.6 Å². The first-order valence-electron chi connectivity index (χ1n) is 17.0. The highest BCUT2D eigenvalue weighted by Crippen LogP contribution is 2.25. The Morgan fingerprint density at radius 2 is 0.860 bits per heavy atom. The molecule has 4 saturated heterocycles. The Hall–Kier alpha value is -4.02. The van der Waals surface area contributed by atoms with Gasteiger partial charge in [-0.25, -0.2) is 9.59 Å². The largest absolute Gasteiger partial charge is 0.461 e. The molecule has 16 N–H and O–H groups in total. The molecule has 0 aromatic carbocycles. The van der Waals surface area contributed by atoms with Gasteiger partial charge in [-0.05, 0) is 38.8 Å². The monoisotopic (exact) mass is 834 g/mol. The lowest BCUT2D eigenvalue weighted by molar-refractivity contribution is -0.161. The van der Waals surface area contributed by atoms with Gasteiger partial charge in [-0.15, -0.1) is 0 Å². The molecule has 0 radical (unpaired) electrons. The van der Waals surface area contributed by atoms with Gasteiger partial charge in [0, 0.05) is 48.6 Å². The predicted octanol–water partition coefficient (Wildman–Crippen LogP) is -5.32. The van der Waals surface area contributed by atoms with Crippen LogP contribution in [0.25, 0.3) is 20.9 Å². The lowest BCUT2D eigenvalue weighted by atomic mass is 10.1. The van der Waals surface area contributed by atoms with Crippen molar-refractivity contribution in [2.24, 2.45) is 10.2 Å². The molecule has 4 fully saturated rings. The van der Waals surface area contributed by atoms with Crippen molar-refractivity contribution >= 4 is 23.8 Å². The molecule has 4 aliphatic rings. The van der Waals surface area contributed by atoms with E-state index in [1.54, 1.807) is 27.7 Å². The van der Waals surface area contributed by atoms with Gasteiger partial charge in [-0.1, -0.05) is 10.2 Å². The number of ether oxygens (including phenoxy) is 6. The highest BCUT2D eigenvalue weighted by molar-refractivity contribution is 5.81. The summed E-state index contributed by atoms with van der Waals surface area (Å²) in [5.41, 5.74) is 16.6. The van der Waals surface area contributed by atoms with Crippen LogP contribution < -0.4 is 10.6 Å². The molecule has 4 rings (SSSR count). The molecule has 332 valence electrons. The Balaban J connectivity index is -0.000000941. The van der Waals surface area contributed by atoms with Gasteiger partial charge in [0.05, 0.1) is 61.9 Å². The summed E-state index contributed by atoms with van der Waals surface area (Å²) in [6.07, 6.45) is -10.3. The second-order valence-corrected chi connectivity index (χ2v) is 13.2. The molecule has 2 amide bonds. The Morgan fingerprint density at radius 3 is 1.16 bits per heavy atom. The molecule has 27 nitrogen and oxygen atoms in total. The van der Waals surface area contributed by atoms with Gasteiger partial charge in [-0.2, -0.15) is 0 Å². The van der Waals surface area contributed by atoms with Crippen molar-refractivity contribution in [3.8, 4) is 0 Å². The van der Waals surface area contributed by atoms with Crippen LogP contribution in [0.15, 0.2) is 10.2 Å². The molecule has 4 aliphatic heterocycles. The van der Waals surface area contributed by atoms with Crippen LogP contribution in [0.1, 0.15) is 53.4 Å². The molecule has 0 bridgehead atoms. The number of azide groups is 2. The molecule has 0 saturated carbocycles. The van der Waals surface area contributed by atoms with E-state index < -0.39 is 97.0 Å². The average Bonchev–Trinajstić information content (AvgIpc) is 3.85. The maximum atomic E-state index is 12.2. The number of esters is 2. The minimum atomic E-state index is -0.909. The van der Waals surface area contributed by atoms with Crippen molar-refractivity contribution in [1.82, 2.24) is 10.6 Å². The van der Waals surface area contributed by atoms with Crippen molar-refractivity contribution in [2.75, 3.05) is 26.2 Å². The molecule has 0 unspecified atom stereocenters. The molecule has 4 heterocycles. The molecular formula is C30H58N8O19. The minimum absolute atomic E-state index is 0. The van der Waals surface area contributed by atoms with E-state index in [9.17, 15) is 39.6 Å². The lowest BCUT2D eigenvalue weighted by Crippen LogP contribution is -2.42. The summed E-state index contributed by atoms with van der Waals surface area (Å²) in [6.45, 7) is 6.71. The van der Waals surface area contributed by atoms with Crippen molar-refractivity contribution < 1.29 is 95.4 Å². The predicted molar refractivity (Wildman–Crippen MR) is 192 cm³/mol. The van der Waals surface area contributed by atoms with Gasteiger partial charge in [-0.3, -0.25) is 9.59 Å². The third-order valence-electron chi connectivity index (χ3n) is 8.31. The third kappa shape index (κ3) is 17.6. The van der Waals surface area contributed by atoms with Crippen LogP contribution >= 0.6 is 0 Å². The zero-order valence-corrected chi connectivity index (χ0v) is 31.8. The number of carbonyl (C=O) groups excluding carboxylic acids is 4. The smallest absolute Gasteiger partial charge is 0.335 e. The Morgan fingerprint density at radius 1 is 0.579 bits per heavy atom. The van der Waals surface area contributed by atoms with Crippen LogP contribution in [-0.4, -0.2) is 183 Å². The van der Waals surface area contributed by atoms with Gasteiger partial charge >= 0.3 is 11.9 Å². The summed E-state index contributed by atoms with van der Waals surface area (Å²) in [7, 11) is 0. The van der Waals surface area contributed by atoms with Gasteiger partial charge in [0.1, 0.15) is 24.4 Å². The summed E-state index contributed by atoms with van der Waals surface area (Å²) >= 11 is 0. The van der Waals surface area contributed by atoms with E-state index in [1.165, 1.54) is 0 Å². The van der Waals surface area contributed by atoms with Gasteiger partial charge in [0.25, 0.3) is 0 Å². The second kappa shape index (κ2) is 27.6. The maximum Gasteiger partial charge on any atom is 0.335 e. The average molecular weight is 835 g/mol. The lowest BCUT2D eigenvalue weighted by Gasteiger charge is -2.18. The van der Waals surface area contributed by atoms with E-state index in [-0.39, 0.29) is 91.5 Å². The summed E-state index contributed by atoms with van der Waals surface area (Å²) in [5, 5.41) is 51.5. The highest BCUT2D eigenvalue weighted by Gasteiger charge is 2.43. The summed E-state index contributed by atoms with van der Waals surface area (Å²) in [4.78, 5) is 53.1. The van der Waals surface area contributed by atoms with Gasteiger partial charge in [0.2, 0.25) is 11.8 Å². The number of aliphatic hydroxyl groups is 4. The number of nitrogens with one attached hydrogen (secondary N) is 2. The van der Waals surface area contributed by atoms with Crippen LogP contribution in [0.3, 0.4) is 0 Å². The molecule has 12 atom stereocenters. The van der Waals surface area contributed by atoms with Crippen LogP contribution in [0.5, 0.6) is 0 Å². The SMILES string of the molecule is CC(C)OC(=O)[C@@H]1C[C@@H](O)[C@@H](CNC(=O)[C@@H]2C[C@@H](O)[C@@H](CN=[N+]=[N-])O2)O1.CC(C)OC(=O)[C@@H]1C[C@@H](O)[C@@H](CNC(=O)[C@@H]2C[C@@H](O)[C@@H](CN=[N+]=[N-])O2)O1.O.O.O.O.O. The molecule has 0 aliphatic carbocycles. The van der Waals surface area contributed by atoms with E-state index in [4.69, 9.17) is 39.5 Å². The molecule has 27 heteroatoms. The zero-order valence-electron chi connectivity index (χ0n) is 31.8. The molecule has 57 heavy (non-hydrogen) atoms. The van der Waals surface area contributed by atoms with Crippen LogP contribution in [0.2, 0.25) is 0 Å².